The molecule has 0 saturated carbocycles. The maximum Gasteiger partial charge on any atom is 0.165 e. The molecule has 1 heterocycles. The molecular formula is C12H12ClFN2O. The highest BCUT2D eigenvalue weighted by Crippen LogP contribution is 2.20. The summed E-state index contributed by atoms with van der Waals surface area (Å²) in [5, 5.41) is 4.00. The van der Waals surface area contributed by atoms with Crippen LogP contribution in [0.1, 0.15) is 11.1 Å². The van der Waals surface area contributed by atoms with Crippen LogP contribution in [0.5, 0.6) is 5.75 Å². The van der Waals surface area contributed by atoms with Crippen LogP contribution in [0.15, 0.2) is 30.6 Å². The number of nitrogens with zero attached hydrogens (tertiary/aromatic N) is 2. The molecule has 90 valence electrons. The van der Waals surface area contributed by atoms with Crippen molar-refractivity contribution in [2.45, 2.75) is 12.5 Å². The van der Waals surface area contributed by atoms with Crippen molar-refractivity contribution in [1.29, 1.82) is 0 Å². The fourth-order valence-electron chi connectivity index (χ4n) is 1.45. The van der Waals surface area contributed by atoms with E-state index in [9.17, 15) is 4.39 Å². The summed E-state index contributed by atoms with van der Waals surface area (Å²) in [5.41, 5.74) is 1.63. The number of halogens is 2. The average Bonchev–Trinajstić information content (AvgIpc) is 2.73. The first kappa shape index (κ1) is 11.9. The number of alkyl halides is 1. The van der Waals surface area contributed by atoms with Gasteiger partial charge in [0.1, 0.15) is 6.61 Å². The van der Waals surface area contributed by atoms with E-state index >= 15 is 0 Å². The number of aromatic nitrogens is 2. The van der Waals surface area contributed by atoms with E-state index in [1.165, 1.54) is 6.07 Å². The fraction of sp³-hybridized carbons (Fsp3) is 0.250. The van der Waals surface area contributed by atoms with Crippen molar-refractivity contribution in [2.24, 2.45) is 7.05 Å². The predicted octanol–water partition coefficient (Wildman–Crippen LogP) is 2.88. The zero-order valence-corrected chi connectivity index (χ0v) is 10.1. The minimum Gasteiger partial charge on any atom is -0.486 e. The van der Waals surface area contributed by atoms with Crippen LogP contribution in [-0.2, 0) is 19.5 Å². The van der Waals surface area contributed by atoms with Crippen LogP contribution in [0, 0.1) is 5.82 Å². The zero-order chi connectivity index (χ0) is 12.3. The van der Waals surface area contributed by atoms with Gasteiger partial charge >= 0.3 is 0 Å². The number of ether oxygens (including phenoxy) is 1. The molecule has 0 amide bonds. The molecule has 0 saturated heterocycles. The first-order valence-electron chi connectivity index (χ1n) is 5.14. The van der Waals surface area contributed by atoms with Crippen LogP contribution in [0.3, 0.4) is 0 Å². The topological polar surface area (TPSA) is 27.1 Å². The molecular weight excluding hydrogens is 243 g/mol. The molecule has 2 rings (SSSR count). The summed E-state index contributed by atoms with van der Waals surface area (Å²) in [6.07, 6.45) is 3.51. The fourth-order valence-corrected chi connectivity index (χ4v) is 1.62. The second-order valence-electron chi connectivity index (χ2n) is 3.71. The van der Waals surface area contributed by atoms with Crippen molar-refractivity contribution in [1.82, 2.24) is 9.78 Å². The highest BCUT2D eigenvalue weighted by molar-refractivity contribution is 6.17. The zero-order valence-electron chi connectivity index (χ0n) is 9.36. The quantitative estimate of drug-likeness (QED) is 0.785. The van der Waals surface area contributed by atoms with Crippen molar-refractivity contribution >= 4 is 11.6 Å². The third kappa shape index (κ3) is 2.97. The number of benzene rings is 1. The standard InChI is InChI=1S/C12H12ClFN2O/c1-16-7-10(6-15-16)8-17-12-3-2-9(5-13)4-11(12)14/h2-4,6-7H,5,8H2,1H3. The van der Waals surface area contributed by atoms with E-state index < -0.39 is 5.82 Å². The Bertz CT molecular complexity index is 513. The Hall–Kier alpha value is -1.55. The summed E-state index contributed by atoms with van der Waals surface area (Å²) in [5.74, 6) is 0.120. The Labute approximate surface area is 104 Å². The molecule has 0 fully saturated rings. The smallest absolute Gasteiger partial charge is 0.165 e. The molecule has 3 nitrogen and oxygen atoms in total. The lowest BCUT2D eigenvalue weighted by atomic mass is 10.2. The van der Waals surface area contributed by atoms with Gasteiger partial charge in [0.25, 0.3) is 0 Å². The molecule has 1 aromatic heterocycles. The molecule has 0 aliphatic carbocycles. The van der Waals surface area contributed by atoms with Crippen molar-refractivity contribution in [3.8, 4) is 5.75 Å². The van der Waals surface area contributed by atoms with E-state index in [0.717, 1.165) is 11.1 Å². The van der Waals surface area contributed by atoms with Crippen LogP contribution in [0.4, 0.5) is 4.39 Å². The van der Waals surface area contributed by atoms with Crippen LogP contribution in [-0.4, -0.2) is 9.78 Å². The molecule has 5 heteroatoms. The van der Waals surface area contributed by atoms with Crippen molar-refractivity contribution < 1.29 is 9.13 Å². The van der Waals surface area contributed by atoms with Crippen LogP contribution >= 0.6 is 11.6 Å². The van der Waals surface area contributed by atoms with E-state index in [1.807, 2.05) is 13.2 Å². The number of hydrogen-bond acceptors (Lipinski definition) is 2. The second-order valence-corrected chi connectivity index (χ2v) is 3.98. The molecule has 0 atom stereocenters. The molecule has 0 aliphatic rings. The van der Waals surface area contributed by atoms with Crippen molar-refractivity contribution in [2.75, 3.05) is 0 Å². The van der Waals surface area contributed by atoms with Crippen molar-refractivity contribution in [3.05, 3.63) is 47.5 Å². The summed E-state index contributed by atoms with van der Waals surface area (Å²) < 4.78 is 20.6. The monoisotopic (exact) mass is 254 g/mol. The summed E-state index contributed by atoms with van der Waals surface area (Å²) in [6, 6.07) is 4.71. The van der Waals surface area contributed by atoms with Gasteiger partial charge < -0.3 is 4.74 Å². The maximum absolute atomic E-state index is 13.5. The highest BCUT2D eigenvalue weighted by Gasteiger charge is 2.05. The Morgan fingerprint density at radius 2 is 2.24 bits per heavy atom. The van der Waals surface area contributed by atoms with Gasteiger partial charge in [-0.05, 0) is 17.7 Å². The summed E-state index contributed by atoms with van der Waals surface area (Å²) >= 11 is 5.61. The van der Waals surface area contributed by atoms with E-state index in [1.54, 1.807) is 23.0 Å². The van der Waals surface area contributed by atoms with Gasteiger partial charge in [-0.15, -0.1) is 11.6 Å². The molecule has 0 spiro atoms. The number of hydrogen-bond donors (Lipinski definition) is 0. The minimum absolute atomic E-state index is 0.225. The number of aryl methyl sites for hydroxylation is 1. The summed E-state index contributed by atoms with van der Waals surface area (Å²) in [6.45, 7) is 0.297. The highest BCUT2D eigenvalue weighted by atomic mass is 35.5. The molecule has 17 heavy (non-hydrogen) atoms. The molecule has 0 N–H and O–H groups in total. The second kappa shape index (κ2) is 5.19. The van der Waals surface area contributed by atoms with Gasteiger partial charge in [-0.1, -0.05) is 6.07 Å². The van der Waals surface area contributed by atoms with E-state index in [0.29, 0.717) is 12.5 Å². The van der Waals surface area contributed by atoms with Crippen LogP contribution < -0.4 is 4.74 Å². The van der Waals surface area contributed by atoms with Crippen LogP contribution in [0.2, 0.25) is 0 Å². The molecule has 0 radical (unpaired) electrons. The third-order valence-electron chi connectivity index (χ3n) is 2.30. The largest absolute Gasteiger partial charge is 0.486 e. The van der Waals surface area contributed by atoms with E-state index in [2.05, 4.69) is 5.10 Å². The summed E-state index contributed by atoms with van der Waals surface area (Å²) in [7, 11) is 1.82. The van der Waals surface area contributed by atoms with Gasteiger partial charge in [-0.25, -0.2) is 4.39 Å². The number of rotatable bonds is 4. The molecule has 2 aromatic rings. The molecule has 0 bridgehead atoms. The first-order chi connectivity index (χ1) is 8.19. The first-order valence-corrected chi connectivity index (χ1v) is 5.67. The Morgan fingerprint density at radius 1 is 1.41 bits per heavy atom. The maximum atomic E-state index is 13.5. The average molecular weight is 255 g/mol. The van der Waals surface area contributed by atoms with Crippen LogP contribution in [0.25, 0.3) is 0 Å². The van der Waals surface area contributed by atoms with Crippen molar-refractivity contribution in [3.63, 3.8) is 0 Å². The normalized spacial score (nSPS) is 10.5. The van der Waals surface area contributed by atoms with Gasteiger partial charge in [0.15, 0.2) is 11.6 Å². The summed E-state index contributed by atoms with van der Waals surface area (Å²) in [4.78, 5) is 0. The lowest BCUT2D eigenvalue weighted by Crippen LogP contribution is -1.97. The molecule has 0 aliphatic heterocycles. The lowest BCUT2D eigenvalue weighted by molar-refractivity contribution is 0.290. The Morgan fingerprint density at radius 3 is 2.82 bits per heavy atom. The van der Waals surface area contributed by atoms with E-state index in [4.69, 9.17) is 16.3 Å². The molecule has 1 aromatic carbocycles. The minimum atomic E-state index is -0.396. The predicted molar refractivity (Wildman–Crippen MR) is 63.5 cm³/mol. The lowest BCUT2D eigenvalue weighted by Gasteiger charge is -2.06. The van der Waals surface area contributed by atoms with Gasteiger partial charge in [-0.3, -0.25) is 4.68 Å². The Balaban J connectivity index is 2.04. The third-order valence-corrected chi connectivity index (χ3v) is 2.61. The SMILES string of the molecule is Cn1cc(COc2ccc(CCl)cc2F)cn1. The van der Waals surface area contributed by atoms with Gasteiger partial charge in [-0.2, -0.15) is 5.10 Å². The molecule has 0 unspecified atom stereocenters. The Kier molecular flexibility index (Phi) is 3.64. The van der Waals surface area contributed by atoms with Gasteiger partial charge in [0, 0.05) is 24.7 Å². The van der Waals surface area contributed by atoms with Gasteiger partial charge in [0.2, 0.25) is 0 Å². The van der Waals surface area contributed by atoms with E-state index in [-0.39, 0.29) is 5.75 Å². The van der Waals surface area contributed by atoms with Gasteiger partial charge in [0.05, 0.1) is 6.20 Å².